The highest BCUT2D eigenvalue weighted by molar-refractivity contribution is 9.11. The topological polar surface area (TPSA) is 33.1 Å². The zero-order valence-corrected chi connectivity index (χ0v) is 13.1. The van der Waals surface area contributed by atoms with Gasteiger partial charge in [-0.2, -0.15) is 13.2 Å². The van der Waals surface area contributed by atoms with Gasteiger partial charge in [-0.3, -0.25) is 0 Å². The number of halogens is 5. The third kappa shape index (κ3) is 3.56. The van der Waals surface area contributed by atoms with Gasteiger partial charge in [0.15, 0.2) is 5.01 Å². The van der Waals surface area contributed by atoms with Gasteiger partial charge in [0.2, 0.25) is 0 Å². The molecule has 0 aliphatic heterocycles. The molecule has 1 atom stereocenters. The summed E-state index contributed by atoms with van der Waals surface area (Å²) in [5.74, 6) is 0. The maximum Gasteiger partial charge on any atom is 0.443 e. The highest BCUT2D eigenvalue weighted by Crippen LogP contribution is 2.36. The van der Waals surface area contributed by atoms with E-state index in [9.17, 15) is 18.3 Å². The van der Waals surface area contributed by atoms with Crippen LogP contribution in [0.5, 0.6) is 0 Å². The van der Waals surface area contributed by atoms with Crippen molar-refractivity contribution in [2.75, 3.05) is 0 Å². The Hall–Kier alpha value is -0.440. The zero-order valence-electron chi connectivity index (χ0n) is 9.08. The molecule has 8 heteroatoms. The molecule has 2 rings (SSSR count). The minimum Gasteiger partial charge on any atom is -0.383 e. The molecule has 0 saturated carbocycles. The first kappa shape index (κ1) is 15.0. The Kier molecular flexibility index (Phi) is 4.34. The molecule has 2 aromatic rings. The van der Waals surface area contributed by atoms with Crippen molar-refractivity contribution >= 4 is 43.2 Å². The van der Waals surface area contributed by atoms with Crippen LogP contribution in [0.4, 0.5) is 13.2 Å². The maximum atomic E-state index is 12.4. The van der Waals surface area contributed by atoms with Gasteiger partial charge in [0.1, 0.15) is 6.10 Å². The molecule has 1 heterocycles. The molecule has 19 heavy (non-hydrogen) atoms. The van der Waals surface area contributed by atoms with Crippen molar-refractivity contribution in [2.45, 2.75) is 12.3 Å². The van der Waals surface area contributed by atoms with Crippen LogP contribution in [0.2, 0.25) is 0 Å². The third-order valence-electron chi connectivity index (χ3n) is 2.24. The quantitative estimate of drug-likeness (QED) is 0.764. The summed E-state index contributed by atoms with van der Waals surface area (Å²) in [4.78, 5) is 3.44. The first-order valence-corrected chi connectivity index (χ1v) is 7.34. The van der Waals surface area contributed by atoms with Gasteiger partial charge in [0.05, 0.1) is 4.88 Å². The normalized spacial score (nSPS) is 13.6. The molecule has 1 N–H and O–H groups in total. The van der Waals surface area contributed by atoms with Crippen molar-refractivity contribution in [3.63, 3.8) is 0 Å². The number of hydrogen-bond acceptors (Lipinski definition) is 3. The Morgan fingerprint density at radius 3 is 2.21 bits per heavy atom. The van der Waals surface area contributed by atoms with Gasteiger partial charge in [-0.1, -0.05) is 31.9 Å². The Morgan fingerprint density at radius 2 is 1.74 bits per heavy atom. The van der Waals surface area contributed by atoms with E-state index in [1.165, 1.54) is 0 Å². The van der Waals surface area contributed by atoms with Gasteiger partial charge in [-0.25, -0.2) is 4.98 Å². The average molecular weight is 417 g/mol. The Morgan fingerprint density at radius 1 is 1.16 bits per heavy atom. The summed E-state index contributed by atoms with van der Waals surface area (Å²) >= 11 is 6.95. The van der Waals surface area contributed by atoms with Crippen molar-refractivity contribution in [1.82, 2.24) is 4.98 Å². The number of alkyl halides is 3. The largest absolute Gasteiger partial charge is 0.443 e. The lowest BCUT2D eigenvalue weighted by Gasteiger charge is -2.09. The monoisotopic (exact) mass is 415 g/mol. The smallest absolute Gasteiger partial charge is 0.383 e. The minimum atomic E-state index is -4.49. The molecule has 1 aromatic heterocycles. The van der Waals surface area contributed by atoms with Crippen LogP contribution >= 0.6 is 43.2 Å². The van der Waals surface area contributed by atoms with Gasteiger partial charge in [-0.05, 0) is 23.8 Å². The van der Waals surface area contributed by atoms with E-state index in [1.807, 2.05) is 0 Å². The average Bonchev–Trinajstić information content (AvgIpc) is 2.75. The molecule has 0 spiro atoms. The molecule has 0 saturated heterocycles. The number of nitrogens with zero attached hydrogens (tertiary/aromatic N) is 1. The standard InChI is InChI=1S/C11H6Br2F3NOS/c12-6-1-5(2-7(13)3-6)9(18)8-4-17-10(19-8)11(14,15)16/h1-4,9,18H. The van der Waals surface area contributed by atoms with Crippen LogP contribution in [-0.4, -0.2) is 10.1 Å². The fourth-order valence-electron chi connectivity index (χ4n) is 1.44. The Bertz CT molecular complexity index is 580. The molecule has 0 bridgehead atoms. The van der Waals surface area contributed by atoms with Crippen LogP contribution in [0.15, 0.2) is 33.3 Å². The summed E-state index contributed by atoms with van der Waals surface area (Å²) in [6, 6.07) is 5.05. The first-order valence-electron chi connectivity index (χ1n) is 4.94. The van der Waals surface area contributed by atoms with E-state index in [-0.39, 0.29) is 4.88 Å². The third-order valence-corrected chi connectivity index (χ3v) is 4.25. The van der Waals surface area contributed by atoms with E-state index in [2.05, 4.69) is 36.8 Å². The Balaban J connectivity index is 2.33. The van der Waals surface area contributed by atoms with Crippen molar-refractivity contribution in [2.24, 2.45) is 0 Å². The lowest BCUT2D eigenvalue weighted by Crippen LogP contribution is -2.03. The molecule has 1 aromatic carbocycles. The number of rotatable bonds is 2. The summed E-state index contributed by atoms with van der Waals surface area (Å²) in [5, 5.41) is 9.12. The van der Waals surface area contributed by atoms with Gasteiger partial charge >= 0.3 is 6.18 Å². The second-order valence-electron chi connectivity index (χ2n) is 3.67. The summed E-state index contributed by atoms with van der Waals surface area (Å²) in [7, 11) is 0. The van der Waals surface area contributed by atoms with Crippen LogP contribution in [0.25, 0.3) is 0 Å². The lowest BCUT2D eigenvalue weighted by molar-refractivity contribution is -0.137. The molecule has 0 aliphatic rings. The van der Waals surface area contributed by atoms with E-state index in [0.29, 0.717) is 16.9 Å². The predicted octanol–water partition coefficient (Wildman–Crippen LogP) is 4.77. The molecule has 0 fully saturated rings. The highest BCUT2D eigenvalue weighted by atomic mass is 79.9. The van der Waals surface area contributed by atoms with Gasteiger partial charge in [0, 0.05) is 15.1 Å². The molecule has 2 nitrogen and oxygen atoms in total. The Labute approximate surface area is 127 Å². The van der Waals surface area contributed by atoms with Crippen LogP contribution < -0.4 is 0 Å². The van der Waals surface area contributed by atoms with Crippen molar-refractivity contribution in [3.05, 3.63) is 48.8 Å². The maximum absolute atomic E-state index is 12.4. The lowest BCUT2D eigenvalue weighted by atomic mass is 10.1. The predicted molar refractivity (Wildman–Crippen MR) is 73.0 cm³/mol. The SMILES string of the molecule is OC(c1cc(Br)cc(Br)c1)c1cnc(C(F)(F)F)s1. The molecule has 0 aliphatic carbocycles. The minimum absolute atomic E-state index is 0.150. The van der Waals surface area contributed by atoms with Crippen molar-refractivity contribution in [1.29, 1.82) is 0 Å². The van der Waals surface area contributed by atoms with E-state index in [4.69, 9.17) is 0 Å². The van der Waals surface area contributed by atoms with Gasteiger partial charge < -0.3 is 5.11 Å². The van der Waals surface area contributed by atoms with Crippen LogP contribution in [0.1, 0.15) is 21.6 Å². The summed E-state index contributed by atoms with van der Waals surface area (Å²) < 4.78 is 38.8. The molecule has 1 unspecified atom stereocenters. The highest BCUT2D eigenvalue weighted by Gasteiger charge is 2.35. The molecule has 0 radical (unpaired) electrons. The number of aliphatic hydroxyl groups is 1. The molecular weight excluding hydrogens is 411 g/mol. The number of thiazole rings is 1. The van der Waals surface area contributed by atoms with Gasteiger partial charge in [0.25, 0.3) is 0 Å². The van der Waals surface area contributed by atoms with E-state index in [0.717, 1.165) is 15.1 Å². The van der Waals surface area contributed by atoms with Crippen molar-refractivity contribution < 1.29 is 18.3 Å². The fraction of sp³-hybridized carbons (Fsp3) is 0.182. The molecular formula is C11H6Br2F3NOS. The number of hydrogen-bond donors (Lipinski definition) is 1. The zero-order chi connectivity index (χ0) is 14.2. The molecule has 0 amide bonds. The summed E-state index contributed by atoms with van der Waals surface area (Å²) in [6.07, 6.45) is -4.57. The number of aromatic nitrogens is 1. The second kappa shape index (κ2) is 5.51. The molecule has 102 valence electrons. The van der Waals surface area contributed by atoms with E-state index in [1.54, 1.807) is 18.2 Å². The summed E-state index contributed by atoms with van der Waals surface area (Å²) in [6.45, 7) is 0. The van der Waals surface area contributed by atoms with Crippen molar-refractivity contribution in [3.8, 4) is 0 Å². The van der Waals surface area contributed by atoms with Crippen LogP contribution in [-0.2, 0) is 6.18 Å². The summed E-state index contributed by atoms with van der Waals surface area (Å²) in [5.41, 5.74) is 0.485. The van der Waals surface area contributed by atoms with E-state index >= 15 is 0 Å². The number of aliphatic hydroxyl groups excluding tert-OH is 1. The second-order valence-corrected chi connectivity index (χ2v) is 6.56. The number of benzene rings is 1. The van der Waals surface area contributed by atoms with Gasteiger partial charge in [-0.15, -0.1) is 11.3 Å². The fourth-order valence-corrected chi connectivity index (χ4v) is 3.57. The van der Waals surface area contributed by atoms with Crippen LogP contribution in [0.3, 0.4) is 0 Å². The first-order chi connectivity index (χ1) is 8.77. The van der Waals surface area contributed by atoms with Crippen LogP contribution in [0, 0.1) is 0 Å². The van der Waals surface area contributed by atoms with E-state index < -0.39 is 17.3 Å².